The van der Waals surface area contributed by atoms with Crippen LogP contribution in [0.5, 0.6) is 11.5 Å². The van der Waals surface area contributed by atoms with Gasteiger partial charge in [-0.25, -0.2) is 0 Å². The van der Waals surface area contributed by atoms with Gasteiger partial charge in [0.1, 0.15) is 5.76 Å². The number of hydrogen-bond donors (Lipinski definition) is 1. The maximum absolute atomic E-state index is 13.2. The molecule has 3 aromatic carbocycles. The van der Waals surface area contributed by atoms with Crippen LogP contribution in [-0.4, -0.2) is 31.0 Å². The minimum atomic E-state index is -0.899. The van der Waals surface area contributed by atoms with E-state index in [0.29, 0.717) is 33.3 Å². The Balaban J connectivity index is 1.98. The number of benzene rings is 3. The van der Waals surface area contributed by atoms with E-state index in [4.69, 9.17) is 21.1 Å². The molecule has 1 heterocycles. The molecule has 3 aromatic rings. The van der Waals surface area contributed by atoms with Gasteiger partial charge in [0.2, 0.25) is 0 Å². The third-order valence-corrected chi connectivity index (χ3v) is 6.06. The fourth-order valence-corrected chi connectivity index (χ4v) is 4.10. The van der Waals surface area contributed by atoms with Crippen molar-refractivity contribution in [2.24, 2.45) is 0 Å². The minimum absolute atomic E-state index is 0.0184. The minimum Gasteiger partial charge on any atom is -0.507 e. The van der Waals surface area contributed by atoms with E-state index < -0.39 is 17.7 Å². The first kappa shape index (κ1) is 22.4. The average molecular weight is 464 g/mol. The number of aryl methyl sites for hydroxylation is 1. The number of aliphatic hydroxyl groups excluding tert-OH is 1. The number of methoxy groups -OCH3 is 2. The van der Waals surface area contributed by atoms with Gasteiger partial charge in [-0.05, 0) is 42.3 Å². The summed E-state index contributed by atoms with van der Waals surface area (Å²) in [5.41, 5.74) is 2.27. The number of carbonyl (C=O) groups excluding carboxylic acids is 2. The van der Waals surface area contributed by atoms with Crippen LogP contribution in [0.1, 0.15) is 22.7 Å². The lowest BCUT2D eigenvalue weighted by Crippen LogP contribution is -2.29. The molecule has 1 fully saturated rings. The highest BCUT2D eigenvalue weighted by Crippen LogP contribution is 2.44. The second kappa shape index (κ2) is 9.00. The molecule has 4 rings (SSSR count). The monoisotopic (exact) mass is 463 g/mol. The summed E-state index contributed by atoms with van der Waals surface area (Å²) in [6.07, 6.45) is 0. The third-order valence-electron chi connectivity index (χ3n) is 5.65. The molecule has 0 saturated carbocycles. The summed E-state index contributed by atoms with van der Waals surface area (Å²) in [6, 6.07) is 18.0. The predicted octanol–water partition coefficient (Wildman–Crippen LogP) is 5.29. The molecular formula is C26H22ClNO5. The van der Waals surface area contributed by atoms with Gasteiger partial charge in [-0.1, -0.05) is 54.1 Å². The van der Waals surface area contributed by atoms with E-state index >= 15 is 0 Å². The first-order valence-electron chi connectivity index (χ1n) is 10.2. The average Bonchev–Trinajstić information content (AvgIpc) is 3.10. The largest absolute Gasteiger partial charge is 0.507 e. The van der Waals surface area contributed by atoms with Crippen molar-refractivity contribution in [3.63, 3.8) is 0 Å². The standard InChI is InChI=1S/C26H22ClNO5/c1-15-9-11-18(14-19(15)27)28-23(17-10-12-20(32-2)21(13-17)33-3)22(25(30)26(28)31)24(29)16-7-5-4-6-8-16/h4-14,23,29H,1-3H3/b24-22+. The molecule has 0 spiro atoms. The van der Waals surface area contributed by atoms with Gasteiger partial charge < -0.3 is 14.6 Å². The fraction of sp³-hybridized carbons (Fsp3) is 0.154. The molecule has 33 heavy (non-hydrogen) atoms. The number of rotatable bonds is 5. The van der Waals surface area contributed by atoms with Gasteiger partial charge in [0.05, 0.1) is 25.8 Å². The summed E-state index contributed by atoms with van der Waals surface area (Å²) in [6.45, 7) is 1.85. The molecule has 0 radical (unpaired) electrons. The number of anilines is 1. The van der Waals surface area contributed by atoms with Crippen LogP contribution in [-0.2, 0) is 9.59 Å². The fourth-order valence-electron chi connectivity index (χ4n) is 3.92. The summed E-state index contributed by atoms with van der Waals surface area (Å²) in [5, 5.41) is 11.6. The predicted molar refractivity (Wildman–Crippen MR) is 127 cm³/mol. The number of hydrogen-bond acceptors (Lipinski definition) is 5. The van der Waals surface area contributed by atoms with Crippen molar-refractivity contribution in [2.75, 3.05) is 19.1 Å². The van der Waals surface area contributed by atoms with Crippen LogP contribution >= 0.6 is 11.6 Å². The molecule has 7 heteroatoms. The maximum Gasteiger partial charge on any atom is 0.300 e. The zero-order valence-corrected chi connectivity index (χ0v) is 19.1. The Morgan fingerprint density at radius 1 is 0.939 bits per heavy atom. The molecule has 0 aromatic heterocycles. The molecule has 1 saturated heterocycles. The Labute approximate surface area is 196 Å². The van der Waals surface area contributed by atoms with Crippen LogP contribution in [0.2, 0.25) is 5.02 Å². The number of amides is 1. The molecule has 1 aliphatic rings. The number of aliphatic hydroxyl groups is 1. The summed E-state index contributed by atoms with van der Waals surface area (Å²) < 4.78 is 10.8. The molecule has 1 unspecified atom stereocenters. The van der Waals surface area contributed by atoms with E-state index in [9.17, 15) is 14.7 Å². The number of carbonyl (C=O) groups is 2. The Morgan fingerprint density at radius 2 is 1.64 bits per heavy atom. The molecule has 168 valence electrons. The highest BCUT2D eigenvalue weighted by Gasteiger charge is 2.47. The van der Waals surface area contributed by atoms with Gasteiger partial charge in [-0.2, -0.15) is 0 Å². The van der Waals surface area contributed by atoms with Gasteiger partial charge in [0.25, 0.3) is 11.7 Å². The molecule has 1 aliphatic heterocycles. The quantitative estimate of drug-likeness (QED) is 0.316. The van der Waals surface area contributed by atoms with E-state index in [2.05, 4.69) is 0 Å². The Kier molecular flexibility index (Phi) is 6.11. The van der Waals surface area contributed by atoms with Crippen molar-refractivity contribution in [3.05, 3.63) is 94.0 Å². The van der Waals surface area contributed by atoms with Gasteiger partial charge in [0.15, 0.2) is 11.5 Å². The molecule has 1 atom stereocenters. The third kappa shape index (κ3) is 3.94. The van der Waals surface area contributed by atoms with E-state index in [1.165, 1.54) is 19.1 Å². The molecule has 1 N–H and O–H groups in total. The van der Waals surface area contributed by atoms with Gasteiger partial charge in [-0.3, -0.25) is 14.5 Å². The normalized spacial score (nSPS) is 17.3. The topological polar surface area (TPSA) is 76.1 Å². The Bertz CT molecular complexity index is 1270. The van der Waals surface area contributed by atoms with E-state index in [1.54, 1.807) is 66.7 Å². The van der Waals surface area contributed by atoms with E-state index in [0.717, 1.165) is 5.56 Å². The number of halogens is 1. The summed E-state index contributed by atoms with van der Waals surface area (Å²) >= 11 is 6.33. The van der Waals surface area contributed by atoms with Gasteiger partial charge in [-0.15, -0.1) is 0 Å². The number of nitrogens with zero attached hydrogens (tertiary/aromatic N) is 1. The van der Waals surface area contributed by atoms with Gasteiger partial charge >= 0.3 is 0 Å². The van der Waals surface area contributed by atoms with Gasteiger partial charge in [0, 0.05) is 16.3 Å². The Morgan fingerprint density at radius 3 is 2.27 bits per heavy atom. The van der Waals surface area contributed by atoms with Crippen molar-refractivity contribution in [1.82, 2.24) is 0 Å². The van der Waals surface area contributed by atoms with Crippen LogP contribution in [0.15, 0.2) is 72.3 Å². The SMILES string of the molecule is COc1ccc(C2/C(=C(\O)c3ccccc3)C(=O)C(=O)N2c2ccc(C)c(Cl)c2)cc1OC. The highest BCUT2D eigenvalue weighted by molar-refractivity contribution is 6.51. The summed E-state index contributed by atoms with van der Waals surface area (Å²) in [4.78, 5) is 27.8. The van der Waals surface area contributed by atoms with Crippen LogP contribution in [0.25, 0.3) is 5.76 Å². The maximum atomic E-state index is 13.2. The van der Waals surface area contributed by atoms with Crippen LogP contribution in [0.4, 0.5) is 5.69 Å². The Hall–Kier alpha value is -3.77. The van der Waals surface area contributed by atoms with E-state index in [1.807, 2.05) is 6.92 Å². The van der Waals surface area contributed by atoms with Crippen LogP contribution < -0.4 is 14.4 Å². The lowest BCUT2D eigenvalue weighted by molar-refractivity contribution is -0.132. The van der Waals surface area contributed by atoms with Crippen LogP contribution in [0.3, 0.4) is 0 Å². The first-order valence-corrected chi connectivity index (χ1v) is 10.6. The summed E-state index contributed by atoms with van der Waals surface area (Å²) in [5.74, 6) is -0.864. The molecule has 6 nitrogen and oxygen atoms in total. The number of Topliss-reactive ketones (excluding diaryl/α,β-unsaturated/α-hetero) is 1. The van der Waals surface area contributed by atoms with E-state index in [-0.39, 0.29) is 11.3 Å². The first-order chi connectivity index (χ1) is 15.9. The lowest BCUT2D eigenvalue weighted by atomic mass is 9.94. The zero-order valence-electron chi connectivity index (χ0n) is 18.3. The molecular weight excluding hydrogens is 442 g/mol. The highest BCUT2D eigenvalue weighted by atomic mass is 35.5. The van der Waals surface area contributed by atoms with Crippen molar-refractivity contribution >= 4 is 34.7 Å². The second-order valence-electron chi connectivity index (χ2n) is 7.58. The van der Waals surface area contributed by atoms with Crippen LogP contribution in [0, 0.1) is 6.92 Å². The van der Waals surface area contributed by atoms with Crippen molar-refractivity contribution in [1.29, 1.82) is 0 Å². The lowest BCUT2D eigenvalue weighted by Gasteiger charge is -2.26. The summed E-state index contributed by atoms with van der Waals surface area (Å²) in [7, 11) is 3.02. The molecule has 0 aliphatic carbocycles. The molecule has 1 amide bonds. The number of ether oxygens (including phenoxy) is 2. The van der Waals surface area contributed by atoms with Crippen molar-refractivity contribution < 1.29 is 24.2 Å². The smallest absolute Gasteiger partial charge is 0.300 e. The van der Waals surface area contributed by atoms with Crippen molar-refractivity contribution in [2.45, 2.75) is 13.0 Å². The zero-order chi connectivity index (χ0) is 23.7. The second-order valence-corrected chi connectivity index (χ2v) is 7.99. The van der Waals surface area contributed by atoms with Crippen molar-refractivity contribution in [3.8, 4) is 11.5 Å². The molecule has 0 bridgehead atoms. The number of ketones is 1.